The maximum Gasteiger partial charge on any atom is 0.178 e. The molecule has 0 aliphatic heterocycles. The van der Waals surface area contributed by atoms with Crippen LogP contribution < -0.4 is 4.74 Å². The third kappa shape index (κ3) is 7.35. The molecule has 1 rings (SSSR count). The molecule has 5 nitrogen and oxygen atoms in total. The molecule has 0 aliphatic carbocycles. The molecule has 0 heterocycles. The van der Waals surface area contributed by atoms with Crippen LogP contribution in [0.1, 0.15) is 24.2 Å². The van der Waals surface area contributed by atoms with Gasteiger partial charge in [0, 0.05) is 12.7 Å². The van der Waals surface area contributed by atoms with E-state index in [2.05, 4.69) is 15.9 Å². The summed E-state index contributed by atoms with van der Waals surface area (Å²) < 4.78 is 20.2. The van der Waals surface area contributed by atoms with Gasteiger partial charge in [-0.3, -0.25) is 4.79 Å². The molecule has 1 aromatic carbocycles. The Hall–Kier alpha value is -0.950. The average Bonchev–Trinajstić information content (AvgIpc) is 2.49. The van der Waals surface area contributed by atoms with Crippen molar-refractivity contribution in [3.63, 3.8) is 0 Å². The lowest BCUT2D eigenvalue weighted by atomic mass is 10.0. The zero-order valence-corrected chi connectivity index (χ0v) is 14.9. The van der Waals surface area contributed by atoms with Crippen molar-refractivity contribution < 1.29 is 23.7 Å². The molecule has 0 saturated heterocycles. The highest BCUT2D eigenvalue weighted by Crippen LogP contribution is 2.23. The van der Waals surface area contributed by atoms with Gasteiger partial charge in [-0.2, -0.15) is 0 Å². The highest BCUT2D eigenvalue weighted by atomic mass is 79.9. The lowest BCUT2D eigenvalue weighted by molar-refractivity contribution is -0.0523. The number of Topliss-reactive ketones (excluding diaryl/α,β-unsaturated/α-hetero) is 1. The molecule has 0 unspecified atom stereocenters. The lowest BCUT2D eigenvalue weighted by Crippen LogP contribution is -2.23. The van der Waals surface area contributed by atoms with Crippen molar-refractivity contribution >= 4 is 21.7 Å². The maximum atomic E-state index is 12.1. The molecule has 0 N–H and O–H groups in total. The Morgan fingerprint density at radius 2 is 1.64 bits per heavy atom. The zero-order valence-electron chi connectivity index (χ0n) is 13.3. The average molecular weight is 375 g/mol. The minimum atomic E-state index is -0.561. The van der Waals surface area contributed by atoms with Crippen LogP contribution in [-0.2, 0) is 14.2 Å². The van der Waals surface area contributed by atoms with E-state index in [1.165, 1.54) is 0 Å². The number of alkyl halides is 1. The van der Waals surface area contributed by atoms with Crippen molar-refractivity contribution in [2.45, 2.75) is 18.2 Å². The van der Waals surface area contributed by atoms with Crippen molar-refractivity contribution in [3.8, 4) is 5.75 Å². The standard InChI is InChI=1S/C16H23BrO5/c1-16(2,17)15(18)13-4-6-14(7-5-13)22-11-10-20-8-9-21-12-19-3/h4-7H,8-12H2,1-3H3. The van der Waals surface area contributed by atoms with Crippen LogP contribution in [0, 0.1) is 0 Å². The fraction of sp³-hybridized carbons (Fsp3) is 0.562. The van der Waals surface area contributed by atoms with E-state index < -0.39 is 4.32 Å². The number of halogens is 1. The Kier molecular flexibility index (Phi) is 8.63. The van der Waals surface area contributed by atoms with Crippen LogP contribution in [0.15, 0.2) is 24.3 Å². The first-order valence-corrected chi connectivity index (χ1v) is 7.85. The first-order chi connectivity index (χ1) is 10.4. The Bertz CT molecular complexity index is 439. The third-order valence-corrected chi connectivity index (χ3v) is 3.09. The van der Waals surface area contributed by atoms with Gasteiger partial charge < -0.3 is 18.9 Å². The van der Waals surface area contributed by atoms with Crippen LogP contribution in [-0.4, -0.2) is 50.4 Å². The minimum absolute atomic E-state index is 0.0402. The number of methoxy groups -OCH3 is 1. The van der Waals surface area contributed by atoms with Gasteiger partial charge in [0.2, 0.25) is 0 Å². The monoisotopic (exact) mass is 374 g/mol. The van der Waals surface area contributed by atoms with Crippen LogP contribution >= 0.6 is 15.9 Å². The van der Waals surface area contributed by atoms with Gasteiger partial charge in [-0.05, 0) is 38.1 Å². The number of hydrogen-bond acceptors (Lipinski definition) is 5. The van der Waals surface area contributed by atoms with Crippen LogP contribution in [0.4, 0.5) is 0 Å². The molecule has 0 aromatic heterocycles. The summed E-state index contributed by atoms with van der Waals surface area (Å²) in [5.41, 5.74) is 0.653. The topological polar surface area (TPSA) is 54.0 Å². The maximum absolute atomic E-state index is 12.1. The van der Waals surface area contributed by atoms with Gasteiger partial charge in [-0.15, -0.1) is 0 Å². The molecule has 0 fully saturated rings. The Morgan fingerprint density at radius 3 is 2.23 bits per heavy atom. The predicted molar refractivity (Wildman–Crippen MR) is 87.9 cm³/mol. The van der Waals surface area contributed by atoms with E-state index in [0.717, 1.165) is 0 Å². The van der Waals surface area contributed by atoms with Gasteiger partial charge in [0.1, 0.15) is 19.1 Å². The molecule has 0 atom stereocenters. The molecule has 0 radical (unpaired) electrons. The minimum Gasteiger partial charge on any atom is -0.491 e. The molecule has 0 amide bonds. The van der Waals surface area contributed by atoms with Crippen molar-refractivity contribution in [2.24, 2.45) is 0 Å². The molecule has 22 heavy (non-hydrogen) atoms. The molecule has 0 saturated carbocycles. The van der Waals surface area contributed by atoms with Crippen molar-refractivity contribution in [1.29, 1.82) is 0 Å². The number of ketones is 1. The summed E-state index contributed by atoms with van der Waals surface area (Å²) in [4.78, 5) is 12.1. The van der Waals surface area contributed by atoms with Gasteiger partial charge in [-0.25, -0.2) is 0 Å². The Balaban J connectivity index is 2.24. The largest absolute Gasteiger partial charge is 0.491 e. The summed E-state index contributed by atoms with van der Waals surface area (Å²) in [5, 5.41) is 0. The molecular weight excluding hydrogens is 352 g/mol. The van der Waals surface area contributed by atoms with Crippen molar-refractivity contribution in [2.75, 3.05) is 40.3 Å². The third-order valence-electron chi connectivity index (χ3n) is 2.73. The molecule has 6 heteroatoms. The second-order valence-electron chi connectivity index (χ2n) is 5.10. The molecular formula is C16H23BrO5. The first kappa shape index (κ1) is 19.1. The van der Waals surface area contributed by atoms with E-state index >= 15 is 0 Å². The predicted octanol–water partition coefficient (Wildman–Crippen LogP) is 3.06. The van der Waals surface area contributed by atoms with Gasteiger partial charge in [0.25, 0.3) is 0 Å². The van der Waals surface area contributed by atoms with Gasteiger partial charge in [-0.1, -0.05) is 15.9 Å². The van der Waals surface area contributed by atoms with Crippen LogP contribution in [0.3, 0.4) is 0 Å². The summed E-state index contributed by atoms with van der Waals surface area (Å²) in [6.07, 6.45) is 0. The van der Waals surface area contributed by atoms with E-state index in [-0.39, 0.29) is 12.6 Å². The van der Waals surface area contributed by atoms with E-state index in [1.807, 2.05) is 13.8 Å². The Morgan fingerprint density at radius 1 is 1.05 bits per heavy atom. The summed E-state index contributed by atoms with van der Waals surface area (Å²) in [6, 6.07) is 7.10. The fourth-order valence-electron chi connectivity index (χ4n) is 1.63. The fourth-order valence-corrected chi connectivity index (χ4v) is 1.86. The van der Waals surface area contributed by atoms with Gasteiger partial charge >= 0.3 is 0 Å². The van der Waals surface area contributed by atoms with Crippen LogP contribution in [0.5, 0.6) is 5.75 Å². The van der Waals surface area contributed by atoms with Crippen molar-refractivity contribution in [1.82, 2.24) is 0 Å². The van der Waals surface area contributed by atoms with Crippen LogP contribution in [0.25, 0.3) is 0 Å². The highest BCUT2D eigenvalue weighted by molar-refractivity contribution is 9.10. The SMILES string of the molecule is COCOCCOCCOc1ccc(C(=O)C(C)(C)Br)cc1. The van der Waals surface area contributed by atoms with E-state index in [0.29, 0.717) is 37.7 Å². The summed E-state index contributed by atoms with van der Waals surface area (Å²) in [5.74, 6) is 0.751. The number of carbonyl (C=O) groups excluding carboxylic acids is 1. The zero-order chi connectivity index (χ0) is 16.4. The normalized spacial score (nSPS) is 11.5. The summed E-state index contributed by atoms with van der Waals surface area (Å²) in [7, 11) is 1.58. The molecule has 0 spiro atoms. The van der Waals surface area contributed by atoms with E-state index in [9.17, 15) is 4.79 Å². The first-order valence-electron chi connectivity index (χ1n) is 7.06. The quantitative estimate of drug-likeness (QED) is 0.258. The van der Waals surface area contributed by atoms with Gasteiger partial charge in [0.05, 0.1) is 24.1 Å². The van der Waals surface area contributed by atoms with E-state index in [4.69, 9.17) is 18.9 Å². The number of ether oxygens (including phenoxy) is 4. The van der Waals surface area contributed by atoms with E-state index in [1.54, 1.807) is 31.4 Å². The molecule has 0 aliphatic rings. The Labute approximate surface area is 140 Å². The molecule has 1 aromatic rings. The summed E-state index contributed by atoms with van der Waals surface area (Å²) >= 11 is 3.37. The lowest BCUT2D eigenvalue weighted by Gasteiger charge is -2.14. The van der Waals surface area contributed by atoms with Gasteiger partial charge in [0.15, 0.2) is 5.78 Å². The van der Waals surface area contributed by atoms with Crippen LogP contribution in [0.2, 0.25) is 0 Å². The second kappa shape index (κ2) is 9.94. The smallest absolute Gasteiger partial charge is 0.178 e. The number of rotatable bonds is 11. The highest BCUT2D eigenvalue weighted by Gasteiger charge is 2.24. The van der Waals surface area contributed by atoms with Crippen molar-refractivity contribution in [3.05, 3.63) is 29.8 Å². The number of benzene rings is 1. The number of carbonyl (C=O) groups is 1. The molecule has 0 bridgehead atoms. The molecule has 124 valence electrons. The number of hydrogen-bond donors (Lipinski definition) is 0. The summed E-state index contributed by atoms with van der Waals surface area (Å²) in [6.45, 7) is 5.84. The second-order valence-corrected chi connectivity index (χ2v) is 7.08.